The fraction of sp³-hybridized carbons (Fsp3) is 0.500. The summed E-state index contributed by atoms with van der Waals surface area (Å²) in [6.45, 7) is 13.4. The van der Waals surface area contributed by atoms with Gasteiger partial charge in [0.1, 0.15) is 23.6 Å². The maximum Gasteiger partial charge on any atom is 0.316 e. The minimum absolute atomic E-state index is 0.211. The zero-order chi connectivity index (χ0) is 29.0. The van der Waals surface area contributed by atoms with E-state index in [1.807, 2.05) is 45.0 Å². The molecule has 2 rings (SSSR count). The molecule has 0 bridgehead atoms. The van der Waals surface area contributed by atoms with E-state index in [1.165, 1.54) is 6.42 Å². The zero-order valence-corrected chi connectivity index (χ0v) is 24.3. The number of Topliss-reactive ketones (excluding diaryl/α,β-unsaturated/α-hetero) is 1. The number of hydrogen-bond donors (Lipinski definition) is 0. The van der Waals surface area contributed by atoms with Crippen LogP contribution >= 0.6 is 0 Å². The quantitative estimate of drug-likeness (QED) is 0.159. The second-order valence-corrected chi connectivity index (χ2v) is 10.4. The van der Waals surface area contributed by atoms with Crippen molar-refractivity contribution in [1.29, 1.82) is 0 Å². The first-order valence-electron chi connectivity index (χ1n) is 13.4. The Hall–Kier alpha value is -3.28. The van der Waals surface area contributed by atoms with Crippen LogP contribution in [0.5, 0.6) is 11.5 Å². The van der Waals surface area contributed by atoms with E-state index < -0.39 is 10.8 Å². The van der Waals surface area contributed by atoms with E-state index in [-0.39, 0.29) is 17.7 Å². The number of rotatable bonds is 12. The molecule has 0 saturated heterocycles. The molecule has 6 nitrogen and oxygen atoms in total. The molecule has 0 unspecified atom stereocenters. The molecule has 0 aliphatic rings. The largest absolute Gasteiger partial charge is 0.426 e. The van der Waals surface area contributed by atoms with Gasteiger partial charge in [-0.15, -0.1) is 0 Å². The van der Waals surface area contributed by atoms with Gasteiger partial charge >= 0.3 is 11.9 Å². The third kappa shape index (κ3) is 15.1. The van der Waals surface area contributed by atoms with Crippen LogP contribution in [-0.4, -0.2) is 24.0 Å². The molecule has 0 atom stereocenters. The lowest BCUT2D eigenvalue weighted by Gasteiger charge is -2.21. The molecule has 0 aliphatic carbocycles. The van der Waals surface area contributed by atoms with Crippen LogP contribution in [0.1, 0.15) is 93.4 Å². The lowest BCUT2D eigenvalue weighted by molar-refractivity contribution is -0.145. The summed E-state index contributed by atoms with van der Waals surface area (Å²) in [6.07, 6.45) is 5.34. The maximum atomic E-state index is 12.1. The third-order valence-electron chi connectivity index (χ3n) is 5.46. The topological polar surface area (TPSA) is 86.7 Å². The van der Waals surface area contributed by atoms with E-state index in [2.05, 4.69) is 13.8 Å². The van der Waals surface area contributed by atoms with Crippen LogP contribution in [0.15, 0.2) is 60.7 Å². The highest BCUT2D eigenvalue weighted by Gasteiger charge is 2.30. The molecule has 0 fully saturated rings. The van der Waals surface area contributed by atoms with Gasteiger partial charge in [0.15, 0.2) is 0 Å². The second-order valence-electron chi connectivity index (χ2n) is 10.4. The van der Waals surface area contributed by atoms with Crippen LogP contribution in [0.2, 0.25) is 0 Å². The Morgan fingerprint density at radius 2 is 1.08 bits per heavy atom. The molecule has 0 N–H and O–H groups in total. The molecule has 0 radical (unpaired) electrons. The average Bonchev–Trinajstić information content (AvgIpc) is 2.88. The minimum Gasteiger partial charge on any atom is -0.426 e. The van der Waals surface area contributed by atoms with Crippen LogP contribution in [0.4, 0.5) is 0 Å². The summed E-state index contributed by atoms with van der Waals surface area (Å²) in [6, 6.07) is 17.9. The number of carbonyl (C=O) groups is 4. The summed E-state index contributed by atoms with van der Waals surface area (Å²) in [7, 11) is 0. The first-order valence-corrected chi connectivity index (χ1v) is 13.4. The first-order chi connectivity index (χ1) is 17.9. The van der Waals surface area contributed by atoms with Crippen molar-refractivity contribution in [1.82, 2.24) is 0 Å². The predicted molar refractivity (Wildman–Crippen MR) is 152 cm³/mol. The normalized spacial score (nSPS) is 10.6. The first kappa shape index (κ1) is 34.7. The Balaban J connectivity index is 0.000000660. The summed E-state index contributed by atoms with van der Waals surface area (Å²) in [5.74, 6) is 0.693. The maximum absolute atomic E-state index is 12.1. The molecule has 0 aromatic heterocycles. The van der Waals surface area contributed by atoms with Crippen molar-refractivity contribution < 1.29 is 28.7 Å². The van der Waals surface area contributed by atoms with E-state index in [0.717, 1.165) is 12.7 Å². The highest BCUT2D eigenvalue weighted by Crippen LogP contribution is 2.26. The average molecular weight is 527 g/mol. The van der Waals surface area contributed by atoms with Gasteiger partial charge in [-0.25, -0.2) is 0 Å². The van der Waals surface area contributed by atoms with Gasteiger partial charge in [0.2, 0.25) is 0 Å². The van der Waals surface area contributed by atoms with E-state index in [9.17, 15) is 19.2 Å². The Morgan fingerprint density at radius 1 is 0.684 bits per heavy atom. The number of para-hydroxylation sites is 2. The highest BCUT2D eigenvalue weighted by atomic mass is 16.5. The summed E-state index contributed by atoms with van der Waals surface area (Å²) >= 11 is 0. The van der Waals surface area contributed by atoms with Crippen LogP contribution < -0.4 is 9.47 Å². The lowest BCUT2D eigenvalue weighted by atomic mass is 9.86. The second kappa shape index (κ2) is 18.9. The third-order valence-corrected chi connectivity index (χ3v) is 5.46. The van der Waals surface area contributed by atoms with Gasteiger partial charge in [-0.05, 0) is 71.2 Å². The van der Waals surface area contributed by atoms with E-state index in [4.69, 9.17) is 9.47 Å². The molecule has 38 heavy (non-hydrogen) atoms. The van der Waals surface area contributed by atoms with E-state index in [0.29, 0.717) is 43.6 Å². The molecule has 2 aromatic carbocycles. The van der Waals surface area contributed by atoms with Crippen molar-refractivity contribution in [3.05, 3.63) is 60.7 Å². The van der Waals surface area contributed by atoms with Crippen molar-refractivity contribution >= 4 is 24.0 Å². The van der Waals surface area contributed by atoms with Crippen LogP contribution in [-0.2, 0) is 19.2 Å². The fourth-order valence-electron chi connectivity index (χ4n) is 2.95. The SMILES string of the molecule is CC(C)(CCC=O)C(=O)Oc1ccccc1.CCC.CCCC(=O)CCC(C)(C)C(=O)Oc1ccccc1. The molecule has 0 amide bonds. The number of esters is 2. The van der Waals surface area contributed by atoms with Gasteiger partial charge in [-0.3, -0.25) is 14.4 Å². The molecule has 6 heteroatoms. The van der Waals surface area contributed by atoms with Gasteiger partial charge in [-0.2, -0.15) is 0 Å². The van der Waals surface area contributed by atoms with Gasteiger partial charge in [0.25, 0.3) is 0 Å². The summed E-state index contributed by atoms with van der Waals surface area (Å²) in [5, 5.41) is 0. The number of aldehydes is 1. The molecule has 210 valence electrons. The number of ether oxygens (including phenoxy) is 2. The van der Waals surface area contributed by atoms with Gasteiger partial charge in [0, 0.05) is 19.3 Å². The number of hydrogen-bond acceptors (Lipinski definition) is 6. The molecule has 0 saturated carbocycles. The summed E-state index contributed by atoms with van der Waals surface area (Å²) in [4.78, 5) is 45.7. The van der Waals surface area contributed by atoms with E-state index in [1.54, 1.807) is 50.2 Å². The highest BCUT2D eigenvalue weighted by molar-refractivity contribution is 5.81. The Kier molecular flexibility index (Phi) is 17.3. The number of ketones is 1. The van der Waals surface area contributed by atoms with Crippen molar-refractivity contribution in [3.63, 3.8) is 0 Å². The molecule has 2 aromatic rings. The van der Waals surface area contributed by atoms with Crippen LogP contribution in [0, 0.1) is 10.8 Å². The molecule has 0 aliphatic heterocycles. The smallest absolute Gasteiger partial charge is 0.316 e. The Morgan fingerprint density at radius 3 is 1.45 bits per heavy atom. The summed E-state index contributed by atoms with van der Waals surface area (Å²) in [5.41, 5.74) is -1.27. The Labute approximate surface area is 229 Å². The van der Waals surface area contributed by atoms with Crippen molar-refractivity contribution in [2.24, 2.45) is 10.8 Å². The van der Waals surface area contributed by atoms with Gasteiger partial charge < -0.3 is 14.3 Å². The minimum atomic E-state index is -0.640. The molecular weight excluding hydrogens is 480 g/mol. The fourth-order valence-corrected chi connectivity index (χ4v) is 2.95. The predicted octanol–water partition coefficient (Wildman–Crippen LogP) is 7.78. The number of benzene rings is 2. The van der Waals surface area contributed by atoms with Crippen LogP contribution in [0.25, 0.3) is 0 Å². The monoisotopic (exact) mass is 526 g/mol. The Bertz CT molecular complexity index is 948. The lowest BCUT2D eigenvalue weighted by Crippen LogP contribution is -2.29. The van der Waals surface area contributed by atoms with Crippen molar-refractivity contribution in [3.8, 4) is 11.5 Å². The van der Waals surface area contributed by atoms with Crippen molar-refractivity contribution in [2.75, 3.05) is 0 Å². The molecule has 0 heterocycles. The standard InChI is InChI=1S/C16H22O3.C13H16O3.C3H8/c1-4-8-13(17)11-12-16(2,3)15(18)19-14-9-6-5-7-10-14;1-13(2,9-6-10-14)12(15)16-11-7-4-3-5-8-11;1-3-2/h5-7,9-10H,4,8,11-12H2,1-3H3;3-5,7-8,10H,6,9H2,1-2H3;3H2,1-2H3. The number of carbonyl (C=O) groups excluding carboxylic acids is 4. The zero-order valence-electron chi connectivity index (χ0n) is 24.3. The van der Waals surface area contributed by atoms with Gasteiger partial charge in [-0.1, -0.05) is 63.6 Å². The van der Waals surface area contributed by atoms with Crippen molar-refractivity contribution in [2.45, 2.75) is 93.4 Å². The van der Waals surface area contributed by atoms with Crippen LogP contribution in [0.3, 0.4) is 0 Å². The summed E-state index contributed by atoms with van der Waals surface area (Å²) < 4.78 is 10.5. The van der Waals surface area contributed by atoms with E-state index >= 15 is 0 Å². The molecular formula is C32H46O6. The molecule has 0 spiro atoms. The van der Waals surface area contributed by atoms with Gasteiger partial charge in [0.05, 0.1) is 10.8 Å².